The molecule has 0 amide bonds. The summed E-state index contributed by atoms with van der Waals surface area (Å²) in [6.07, 6.45) is -0.102. The Bertz CT molecular complexity index is 542. The van der Waals surface area contributed by atoms with Crippen molar-refractivity contribution >= 4 is 0 Å². The molecule has 3 aliphatic carbocycles. The fourth-order valence-electron chi connectivity index (χ4n) is 4.84. The van der Waals surface area contributed by atoms with E-state index >= 15 is 0 Å². The number of β-amino-alcohol motifs (C(OH)–C–C–N with tert-alkyl or cyclic N) is 1. The zero-order valence-corrected chi connectivity index (χ0v) is 16.6. The van der Waals surface area contributed by atoms with E-state index in [2.05, 4.69) is 19.9 Å². The molecule has 0 aromatic heterocycles. The van der Waals surface area contributed by atoms with Crippen molar-refractivity contribution < 1.29 is 23.0 Å². The first-order valence-corrected chi connectivity index (χ1v) is 10.1. The lowest BCUT2D eigenvalue weighted by Crippen LogP contribution is -2.54. The predicted molar refractivity (Wildman–Crippen MR) is 98.4 cm³/mol. The van der Waals surface area contributed by atoms with Gasteiger partial charge in [0.15, 0.2) is 0 Å². The minimum absolute atomic E-state index is 0.271. The van der Waals surface area contributed by atoms with Gasteiger partial charge in [-0.15, -0.1) is 0 Å². The molecule has 0 unspecified atom stereocenters. The second kappa shape index (κ2) is 8.01. The van der Waals surface area contributed by atoms with Crippen LogP contribution in [0.25, 0.3) is 0 Å². The number of ether oxygens (including phenoxy) is 1. The van der Waals surface area contributed by atoms with Crippen molar-refractivity contribution in [2.24, 2.45) is 17.3 Å². The largest absolute Gasteiger partial charge is 0.403 e. The summed E-state index contributed by atoms with van der Waals surface area (Å²) >= 11 is 0. The second-order valence-corrected chi connectivity index (χ2v) is 9.04. The molecule has 1 aliphatic heterocycles. The molecule has 0 spiro atoms. The van der Waals surface area contributed by atoms with Crippen LogP contribution in [0.1, 0.15) is 33.6 Å². The van der Waals surface area contributed by atoms with Gasteiger partial charge in [-0.3, -0.25) is 9.80 Å². The van der Waals surface area contributed by atoms with Crippen molar-refractivity contribution in [1.82, 2.24) is 9.80 Å². The van der Waals surface area contributed by atoms with Gasteiger partial charge in [-0.25, -0.2) is 0 Å². The molecule has 4 rings (SSSR count). The summed E-state index contributed by atoms with van der Waals surface area (Å²) in [4.78, 5) is 3.48. The van der Waals surface area contributed by atoms with E-state index in [0.29, 0.717) is 50.7 Å². The summed E-state index contributed by atoms with van der Waals surface area (Å²) in [6, 6.07) is -1.41. The monoisotopic (exact) mass is 390 g/mol. The standard InChI is InChI=1S/C20H33F3N2O2/c1-14(20(21,22)23)25-8-6-24(7-9-25)11-17(26)13-27-12-15-4-5-16-10-18(15)19(16,2)3/h4,14,16-18,26H,5-13H2,1-3H3/t14-,16+,17+,18-/m1/s1. The van der Waals surface area contributed by atoms with Gasteiger partial charge in [-0.2, -0.15) is 13.2 Å². The highest BCUT2D eigenvalue weighted by atomic mass is 19.4. The van der Waals surface area contributed by atoms with E-state index in [1.165, 1.54) is 23.8 Å². The van der Waals surface area contributed by atoms with E-state index in [9.17, 15) is 18.3 Å². The van der Waals surface area contributed by atoms with Gasteiger partial charge in [0.2, 0.25) is 0 Å². The average molecular weight is 390 g/mol. The number of alkyl halides is 3. The van der Waals surface area contributed by atoms with Crippen molar-refractivity contribution in [1.29, 1.82) is 0 Å². The van der Waals surface area contributed by atoms with Crippen LogP contribution in [0.2, 0.25) is 0 Å². The van der Waals surface area contributed by atoms with Crippen LogP contribution in [0.3, 0.4) is 0 Å². The lowest BCUT2D eigenvalue weighted by Gasteiger charge is -2.56. The zero-order valence-electron chi connectivity index (χ0n) is 16.6. The average Bonchev–Trinajstić information content (AvgIpc) is 2.61. The Morgan fingerprint density at radius 1 is 1.26 bits per heavy atom. The van der Waals surface area contributed by atoms with Gasteiger partial charge in [0.25, 0.3) is 0 Å². The van der Waals surface area contributed by atoms with Crippen LogP contribution >= 0.6 is 0 Å². The summed E-state index contributed by atoms with van der Waals surface area (Å²) < 4.78 is 44.2. The molecule has 0 aromatic carbocycles. The predicted octanol–water partition coefficient (Wildman–Crippen LogP) is 2.92. The molecule has 0 aromatic rings. The Morgan fingerprint density at radius 2 is 1.93 bits per heavy atom. The van der Waals surface area contributed by atoms with Crippen molar-refractivity contribution in [2.45, 2.75) is 51.9 Å². The SMILES string of the molecule is C[C@@H](N1CCN(C[C@H](O)COCC2=CC[C@H]3C[C@H]2C3(C)C)CC1)C(F)(F)F. The summed E-state index contributed by atoms with van der Waals surface area (Å²) in [5, 5.41) is 10.2. The van der Waals surface area contributed by atoms with E-state index in [4.69, 9.17) is 4.74 Å². The molecular weight excluding hydrogens is 357 g/mol. The first kappa shape index (κ1) is 21.1. The highest BCUT2D eigenvalue weighted by Gasteiger charge is 2.51. The topological polar surface area (TPSA) is 35.9 Å². The number of rotatable bonds is 7. The Morgan fingerprint density at radius 3 is 2.48 bits per heavy atom. The molecule has 7 heteroatoms. The Labute approximate surface area is 160 Å². The third kappa shape index (κ3) is 4.69. The lowest BCUT2D eigenvalue weighted by atomic mass is 9.49. The molecule has 27 heavy (non-hydrogen) atoms. The third-order valence-electron chi connectivity index (χ3n) is 7.06. The van der Waals surface area contributed by atoms with Crippen LogP contribution in [0.4, 0.5) is 13.2 Å². The highest BCUT2D eigenvalue weighted by molar-refractivity contribution is 5.23. The Hall–Kier alpha value is -0.630. The minimum Gasteiger partial charge on any atom is -0.389 e. The fourth-order valence-corrected chi connectivity index (χ4v) is 4.84. The number of aliphatic hydroxyl groups is 1. The van der Waals surface area contributed by atoms with Gasteiger partial charge >= 0.3 is 6.18 Å². The van der Waals surface area contributed by atoms with Crippen molar-refractivity contribution in [3.8, 4) is 0 Å². The number of halogens is 3. The first-order valence-electron chi connectivity index (χ1n) is 10.1. The molecule has 156 valence electrons. The smallest absolute Gasteiger partial charge is 0.389 e. The maximum absolute atomic E-state index is 12.8. The second-order valence-electron chi connectivity index (χ2n) is 9.04. The maximum Gasteiger partial charge on any atom is 0.403 e. The van der Waals surface area contributed by atoms with Crippen molar-refractivity contribution in [3.63, 3.8) is 0 Å². The quantitative estimate of drug-likeness (QED) is 0.678. The van der Waals surface area contributed by atoms with Gasteiger partial charge < -0.3 is 9.84 Å². The highest BCUT2D eigenvalue weighted by Crippen LogP contribution is 2.59. The number of allylic oxidation sites excluding steroid dienone is 1. The van der Waals surface area contributed by atoms with Gasteiger partial charge in [0.05, 0.1) is 19.3 Å². The first-order chi connectivity index (χ1) is 12.6. The fraction of sp³-hybridized carbons (Fsp3) is 0.900. The number of aliphatic hydroxyl groups excluding tert-OH is 1. The normalized spacial score (nSPS) is 31.1. The summed E-state index contributed by atoms with van der Waals surface area (Å²) in [7, 11) is 0. The molecule has 4 nitrogen and oxygen atoms in total. The van der Waals surface area contributed by atoms with Crippen LogP contribution in [-0.2, 0) is 4.74 Å². The van der Waals surface area contributed by atoms with Gasteiger partial charge in [0.1, 0.15) is 6.04 Å². The van der Waals surface area contributed by atoms with E-state index in [-0.39, 0.29) is 6.61 Å². The number of fused-ring (bicyclic) bond motifs is 1. The minimum atomic E-state index is -4.18. The number of piperazine rings is 1. The van der Waals surface area contributed by atoms with Gasteiger partial charge in [-0.1, -0.05) is 19.9 Å². The molecule has 1 saturated carbocycles. The van der Waals surface area contributed by atoms with Gasteiger partial charge in [0, 0.05) is 32.7 Å². The van der Waals surface area contributed by atoms with Crippen molar-refractivity contribution in [2.75, 3.05) is 45.9 Å². The molecule has 4 atom stereocenters. The molecular formula is C20H33F3N2O2. The van der Waals surface area contributed by atoms with Crippen LogP contribution in [0.5, 0.6) is 0 Å². The molecule has 0 radical (unpaired) electrons. The number of hydrogen-bond donors (Lipinski definition) is 1. The van der Waals surface area contributed by atoms with Gasteiger partial charge in [-0.05, 0) is 42.6 Å². The molecule has 1 heterocycles. The molecule has 2 bridgehead atoms. The van der Waals surface area contributed by atoms with Crippen LogP contribution in [0, 0.1) is 17.3 Å². The lowest BCUT2D eigenvalue weighted by molar-refractivity contribution is -0.182. The molecule has 4 aliphatic rings. The Kier molecular flexibility index (Phi) is 6.26. The summed E-state index contributed by atoms with van der Waals surface area (Å²) in [6.45, 7) is 8.99. The number of hydrogen-bond acceptors (Lipinski definition) is 4. The van der Waals surface area contributed by atoms with Crippen LogP contribution < -0.4 is 0 Å². The maximum atomic E-state index is 12.8. The van der Waals surface area contributed by atoms with Crippen LogP contribution in [-0.4, -0.2) is 79.2 Å². The van der Waals surface area contributed by atoms with Crippen molar-refractivity contribution in [3.05, 3.63) is 11.6 Å². The summed E-state index contributed by atoms with van der Waals surface area (Å²) in [5.41, 5.74) is 1.74. The zero-order chi connectivity index (χ0) is 19.8. The van der Waals surface area contributed by atoms with E-state index in [0.717, 1.165) is 12.3 Å². The Balaban J connectivity index is 1.34. The molecule has 1 saturated heterocycles. The van der Waals surface area contributed by atoms with E-state index in [1.54, 1.807) is 0 Å². The number of nitrogens with zero attached hydrogens (tertiary/aromatic N) is 2. The van der Waals surface area contributed by atoms with E-state index < -0.39 is 18.3 Å². The van der Waals surface area contributed by atoms with E-state index in [1.807, 2.05) is 4.90 Å². The third-order valence-corrected chi connectivity index (χ3v) is 7.06. The molecule has 2 fully saturated rings. The molecule has 1 N–H and O–H groups in total. The summed E-state index contributed by atoms with van der Waals surface area (Å²) in [5.74, 6) is 1.41. The van der Waals surface area contributed by atoms with Crippen LogP contribution in [0.15, 0.2) is 11.6 Å².